The summed E-state index contributed by atoms with van der Waals surface area (Å²) in [5, 5.41) is 19.2. The number of primary amides is 1. The van der Waals surface area contributed by atoms with Gasteiger partial charge in [0.15, 0.2) is 0 Å². The number of hydrogen-bond acceptors (Lipinski definition) is 8. The zero-order valence-corrected chi connectivity index (χ0v) is 21.5. The summed E-state index contributed by atoms with van der Waals surface area (Å²) < 4.78 is 14.2. The topological polar surface area (TPSA) is 141 Å². The van der Waals surface area contributed by atoms with E-state index in [1.54, 1.807) is 42.8 Å². The van der Waals surface area contributed by atoms with Gasteiger partial charge in [0.2, 0.25) is 5.88 Å². The second kappa shape index (κ2) is 9.98. The van der Waals surface area contributed by atoms with Crippen LogP contribution in [0.5, 0.6) is 11.6 Å². The first-order valence-corrected chi connectivity index (χ1v) is 13.0. The zero-order valence-electron chi connectivity index (χ0n) is 20.6. The van der Waals surface area contributed by atoms with Crippen molar-refractivity contribution in [1.29, 1.82) is 0 Å². The van der Waals surface area contributed by atoms with Crippen LogP contribution in [0, 0.1) is 0 Å². The predicted molar refractivity (Wildman–Crippen MR) is 139 cm³/mol. The van der Waals surface area contributed by atoms with Gasteiger partial charge in [-0.1, -0.05) is 0 Å². The molecule has 0 spiro atoms. The quantitative estimate of drug-likeness (QED) is 0.322. The van der Waals surface area contributed by atoms with E-state index < -0.39 is 11.5 Å². The van der Waals surface area contributed by atoms with Crippen LogP contribution in [0.25, 0.3) is 15.7 Å². The van der Waals surface area contributed by atoms with Gasteiger partial charge in [0.1, 0.15) is 24.0 Å². The number of fused-ring (bicyclic) bond motifs is 2. The van der Waals surface area contributed by atoms with Crippen molar-refractivity contribution in [2.45, 2.75) is 57.3 Å². The molecule has 4 aromatic rings. The fourth-order valence-corrected chi connectivity index (χ4v) is 5.14. The van der Waals surface area contributed by atoms with Crippen molar-refractivity contribution in [2.24, 2.45) is 5.73 Å². The average Bonchev–Trinajstić information content (AvgIpc) is 3.49. The highest BCUT2D eigenvalue weighted by atomic mass is 32.1. The molecule has 4 heterocycles. The van der Waals surface area contributed by atoms with Gasteiger partial charge < -0.3 is 25.6 Å². The highest BCUT2D eigenvalue weighted by Crippen LogP contribution is 2.29. The Morgan fingerprint density at radius 3 is 2.73 bits per heavy atom. The minimum atomic E-state index is -0.952. The van der Waals surface area contributed by atoms with E-state index in [0.717, 1.165) is 23.1 Å². The Hall–Kier alpha value is -3.70. The summed E-state index contributed by atoms with van der Waals surface area (Å²) >= 11 is 1.50. The molecule has 37 heavy (non-hydrogen) atoms. The Bertz CT molecular complexity index is 1450. The largest absolute Gasteiger partial charge is 0.489 e. The molecule has 1 aliphatic rings. The maximum absolute atomic E-state index is 13.0. The number of amides is 2. The number of carbonyl (C=O) groups excluding carboxylic acids is 2. The summed E-state index contributed by atoms with van der Waals surface area (Å²) in [6, 6.07) is 7.15. The lowest BCUT2D eigenvalue weighted by atomic mass is 9.92. The number of thiophene rings is 1. The molecule has 0 atom stereocenters. The minimum Gasteiger partial charge on any atom is -0.489 e. The molecule has 0 unspecified atom stereocenters. The molecule has 1 aliphatic carbocycles. The van der Waals surface area contributed by atoms with Crippen molar-refractivity contribution in [2.75, 3.05) is 6.61 Å². The van der Waals surface area contributed by atoms with Gasteiger partial charge in [0, 0.05) is 6.04 Å². The number of hydrogen-bond donors (Lipinski definition) is 3. The lowest BCUT2D eigenvalue weighted by molar-refractivity contribution is 0.0283. The fraction of sp³-hybridized carbons (Fsp3) is 0.385. The van der Waals surface area contributed by atoms with Crippen molar-refractivity contribution in [3.8, 4) is 11.6 Å². The number of nitrogens with zero attached hydrogens (tertiary/aromatic N) is 3. The van der Waals surface area contributed by atoms with Crippen molar-refractivity contribution in [1.82, 2.24) is 19.9 Å². The summed E-state index contributed by atoms with van der Waals surface area (Å²) in [7, 11) is 0. The van der Waals surface area contributed by atoms with Crippen LogP contribution in [0.2, 0.25) is 0 Å². The van der Waals surface area contributed by atoms with E-state index >= 15 is 0 Å². The minimum absolute atomic E-state index is 0.000355. The summed E-state index contributed by atoms with van der Waals surface area (Å²) in [5.74, 6) is 0.0615. The zero-order chi connectivity index (χ0) is 26.2. The van der Waals surface area contributed by atoms with E-state index in [1.807, 2.05) is 11.4 Å². The molecule has 4 aromatic heterocycles. The Morgan fingerprint density at radius 2 is 2.00 bits per heavy atom. The number of rotatable bonds is 8. The Kier molecular flexibility index (Phi) is 6.74. The standard InChI is InChI=1S/C26H29N5O5S/c1-26(2,34)14-35-17-7-8-21-19(12-28-31(21)13-17)24(33)29-15-3-5-16(6-4-15)36-25-18(23(27)32)11-22-20(30-25)9-10-37-22/h7-13,15-16,34H,3-6,14H2,1-2H3,(H2,27,32)(H,29,33). The van der Waals surface area contributed by atoms with Crippen LogP contribution in [0.3, 0.4) is 0 Å². The molecule has 0 bridgehead atoms. The van der Waals surface area contributed by atoms with E-state index in [4.69, 9.17) is 15.2 Å². The van der Waals surface area contributed by atoms with Gasteiger partial charge in [0.25, 0.3) is 11.8 Å². The van der Waals surface area contributed by atoms with E-state index in [2.05, 4.69) is 15.4 Å². The highest BCUT2D eigenvalue weighted by molar-refractivity contribution is 7.17. The van der Waals surface area contributed by atoms with Crippen LogP contribution in [0.4, 0.5) is 0 Å². The summed E-state index contributed by atoms with van der Waals surface area (Å²) in [5.41, 5.74) is 6.81. The molecule has 10 nitrogen and oxygen atoms in total. The van der Waals surface area contributed by atoms with Gasteiger partial charge in [-0.25, -0.2) is 9.50 Å². The van der Waals surface area contributed by atoms with Crippen LogP contribution < -0.4 is 20.5 Å². The molecular weight excluding hydrogens is 494 g/mol. The van der Waals surface area contributed by atoms with Gasteiger partial charge in [0.05, 0.1) is 39.3 Å². The molecule has 4 N–H and O–H groups in total. The number of nitrogens with one attached hydrogen (secondary N) is 1. The van der Waals surface area contributed by atoms with Gasteiger partial charge in [-0.3, -0.25) is 9.59 Å². The third-order valence-corrected chi connectivity index (χ3v) is 7.13. The van der Waals surface area contributed by atoms with E-state index in [-0.39, 0.29) is 36.1 Å². The summed E-state index contributed by atoms with van der Waals surface area (Å²) in [6.07, 6.45) is 5.99. The van der Waals surface area contributed by atoms with Crippen LogP contribution >= 0.6 is 11.3 Å². The number of aromatic nitrogens is 3. The van der Waals surface area contributed by atoms with Crippen LogP contribution in [-0.4, -0.2) is 55.9 Å². The van der Waals surface area contributed by atoms with E-state index in [9.17, 15) is 14.7 Å². The Labute approximate surface area is 217 Å². The number of carbonyl (C=O) groups is 2. The van der Waals surface area contributed by atoms with Crippen molar-refractivity contribution in [3.05, 3.63) is 53.2 Å². The number of nitrogens with two attached hydrogens (primary N) is 1. The van der Waals surface area contributed by atoms with Gasteiger partial charge in [-0.2, -0.15) is 5.10 Å². The van der Waals surface area contributed by atoms with Crippen LogP contribution in [0.1, 0.15) is 60.2 Å². The van der Waals surface area contributed by atoms with Crippen LogP contribution in [0.15, 0.2) is 42.0 Å². The predicted octanol–water partition coefficient (Wildman–Crippen LogP) is 3.31. The maximum Gasteiger partial charge on any atom is 0.255 e. The first kappa shape index (κ1) is 25.0. The molecular formula is C26H29N5O5S. The highest BCUT2D eigenvalue weighted by Gasteiger charge is 2.27. The Balaban J connectivity index is 1.19. The first-order valence-electron chi connectivity index (χ1n) is 12.1. The van der Waals surface area contributed by atoms with Crippen molar-refractivity contribution >= 4 is 38.9 Å². The summed E-state index contributed by atoms with van der Waals surface area (Å²) in [4.78, 5) is 29.4. The maximum atomic E-state index is 13.0. The molecule has 1 saturated carbocycles. The molecule has 194 valence electrons. The second-order valence-corrected chi connectivity index (χ2v) is 10.9. The van der Waals surface area contributed by atoms with Gasteiger partial charge in [-0.05, 0) is 69.2 Å². The molecule has 0 radical (unpaired) electrons. The molecule has 5 rings (SSSR count). The van der Waals surface area contributed by atoms with Crippen molar-refractivity contribution in [3.63, 3.8) is 0 Å². The number of pyridine rings is 2. The average molecular weight is 524 g/mol. The van der Waals surface area contributed by atoms with Gasteiger partial charge >= 0.3 is 0 Å². The molecule has 1 fully saturated rings. The van der Waals surface area contributed by atoms with Crippen molar-refractivity contribution < 1.29 is 24.2 Å². The number of ether oxygens (including phenoxy) is 2. The van der Waals surface area contributed by atoms with E-state index in [1.165, 1.54) is 17.5 Å². The Morgan fingerprint density at radius 1 is 1.22 bits per heavy atom. The molecule has 0 aromatic carbocycles. The van der Waals surface area contributed by atoms with Crippen LogP contribution in [-0.2, 0) is 0 Å². The monoisotopic (exact) mass is 523 g/mol. The molecule has 2 amide bonds. The third-order valence-electron chi connectivity index (χ3n) is 6.28. The molecule has 0 aliphatic heterocycles. The second-order valence-electron chi connectivity index (χ2n) is 9.93. The smallest absolute Gasteiger partial charge is 0.255 e. The lowest BCUT2D eigenvalue weighted by Gasteiger charge is -2.29. The molecule has 11 heteroatoms. The normalized spacial score (nSPS) is 18.1. The van der Waals surface area contributed by atoms with Gasteiger partial charge in [-0.15, -0.1) is 11.3 Å². The summed E-state index contributed by atoms with van der Waals surface area (Å²) in [6.45, 7) is 3.48. The molecule has 0 saturated heterocycles. The first-order chi connectivity index (χ1) is 17.7. The van der Waals surface area contributed by atoms with E-state index in [0.29, 0.717) is 29.7 Å². The fourth-order valence-electron chi connectivity index (χ4n) is 4.38. The third kappa shape index (κ3) is 5.67. The SMILES string of the molecule is CC(C)(O)COc1ccc2c(C(=O)NC3CCC(Oc4nc5ccsc5cc4C(N)=O)CC3)cnn2c1. The number of aliphatic hydroxyl groups is 1. The lowest BCUT2D eigenvalue weighted by Crippen LogP contribution is -2.39.